The van der Waals surface area contributed by atoms with Crippen molar-refractivity contribution in [2.45, 2.75) is 0 Å². The summed E-state index contributed by atoms with van der Waals surface area (Å²) >= 11 is 5.68. The van der Waals surface area contributed by atoms with E-state index in [4.69, 9.17) is 16.0 Å². The van der Waals surface area contributed by atoms with Crippen molar-refractivity contribution >= 4 is 23.4 Å². The molecule has 0 aliphatic carbocycles. The Hall–Kier alpha value is -2.41. The highest BCUT2D eigenvalue weighted by Gasteiger charge is 2.14. The number of amides is 2. The van der Waals surface area contributed by atoms with Crippen molar-refractivity contribution in [3.05, 3.63) is 58.5 Å². The van der Waals surface area contributed by atoms with Crippen molar-refractivity contribution in [3.63, 3.8) is 0 Å². The first kappa shape index (κ1) is 16.0. The van der Waals surface area contributed by atoms with Crippen LogP contribution in [0, 0.1) is 11.6 Å². The molecule has 0 aliphatic heterocycles. The van der Waals surface area contributed by atoms with Crippen LogP contribution in [0.2, 0.25) is 5.02 Å². The Labute approximate surface area is 129 Å². The fourth-order valence-electron chi connectivity index (χ4n) is 1.64. The van der Waals surface area contributed by atoms with Crippen LogP contribution in [0.1, 0.15) is 20.9 Å². The predicted octanol–water partition coefficient (Wildman–Crippen LogP) is 2.37. The van der Waals surface area contributed by atoms with Gasteiger partial charge in [0.1, 0.15) is 0 Å². The monoisotopic (exact) mass is 328 g/mol. The van der Waals surface area contributed by atoms with Crippen LogP contribution in [0.5, 0.6) is 0 Å². The lowest BCUT2D eigenvalue weighted by molar-refractivity contribution is 0.0910. The van der Waals surface area contributed by atoms with E-state index in [1.807, 2.05) is 0 Å². The van der Waals surface area contributed by atoms with Crippen LogP contribution in [0.15, 0.2) is 34.9 Å². The minimum Gasteiger partial charge on any atom is -0.459 e. The van der Waals surface area contributed by atoms with Gasteiger partial charge in [0, 0.05) is 13.1 Å². The number of rotatable bonds is 5. The van der Waals surface area contributed by atoms with E-state index in [0.717, 1.165) is 6.07 Å². The topological polar surface area (TPSA) is 71.3 Å². The highest BCUT2D eigenvalue weighted by molar-refractivity contribution is 6.33. The molecule has 2 aromatic rings. The highest BCUT2D eigenvalue weighted by atomic mass is 35.5. The number of carbonyl (C=O) groups is 2. The molecule has 0 radical (unpaired) electrons. The number of halogens is 3. The summed E-state index contributed by atoms with van der Waals surface area (Å²) in [7, 11) is 0. The number of benzene rings is 1. The van der Waals surface area contributed by atoms with E-state index in [1.54, 1.807) is 6.07 Å². The van der Waals surface area contributed by atoms with Gasteiger partial charge in [0.25, 0.3) is 11.8 Å². The lowest BCUT2D eigenvalue weighted by Gasteiger charge is -2.08. The minimum atomic E-state index is -1.17. The Balaban J connectivity index is 1.83. The molecule has 1 aromatic heterocycles. The van der Waals surface area contributed by atoms with Crippen LogP contribution in [-0.4, -0.2) is 24.9 Å². The van der Waals surface area contributed by atoms with Crippen LogP contribution in [-0.2, 0) is 0 Å². The Morgan fingerprint density at radius 1 is 1.09 bits per heavy atom. The molecule has 2 amide bonds. The van der Waals surface area contributed by atoms with Gasteiger partial charge in [-0.25, -0.2) is 8.78 Å². The van der Waals surface area contributed by atoms with Gasteiger partial charge in [-0.05, 0) is 24.3 Å². The van der Waals surface area contributed by atoms with E-state index < -0.39 is 23.4 Å². The second kappa shape index (κ2) is 7.04. The molecule has 1 heterocycles. The third kappa shape index (κ3) is 3.82. The van der Waals surface area contributed by atoms with Crippen LogP contribution in [0.3, 0.4) is 0 Å². The molecule has 0 spiro atoms. The zero-order valence-corrected chi connectivity index (χ0v) is 11.9. The average molecular weight is 329 g/mol. The third-order valence-corrected chi connectivity index (χ3v) is 3.01. The maximum atomic E-state index is 13.1. The predicted molar refractivity (Wildman–Crippen MR) is 74.7 cm³/mol. The first-order chi connectivity index (χ1) is 10.5. The molecule has 5 nitrogen and oxygen atoms in total. The van der Waals surface area contributed by atoms with Gasteiger partial charge in [0.2, 0.25) is 0 Å². The first-order valence-electron chi connectivity index (χ1n) is 6.23. The Morgan fingerprint density at radius 2 is 1.73 bits per heavy atom. The lowest BCUT2D eigenvalue weighted by Crippen LogP contribution is -2.34. The normalized spacial score (nSPS) is 10.3. The van der Waals surface area contributed by atoms with Crippen molar-refractivity contribution in [1.29, 1.82) is 0 Å². The van der Waals surface area contributed by atoms with Crippen LogP contribution in [0.25, 0.3) is 0 Å². The summed E-state index contributed by atoms with van der Waals surface area (Å²) in [5, 5.41) is 4.74. The summed E-state index contributed by atoms with van der Waals surface area (Å²) < 4.78 is 30.9. The molecule has 0 aliphatic rings. The van der Waals surface area contributed by atoms with Gasteiger partial charge in [0.15, 0.2) is 17.4 Å². The summed E-state index contributed by atoms with van der Waals surface area (Å²) in [5.74, 6) is -3.25. The molecule has 22 heavy (non-hydrogen) atoms. The van der Waals surface area contributed by atoms with Crippen LogP contribution >= 0.6 is 11.6 Å². The molecule has 0 saturated carbocycles. The summed E-state index contributed by atoms with van der Waals surface area (Å²) in [6.07, 6.45) is 1.36. The molecule has 116 valence electrons. The average Bonchev–Trinajstić information content (AvgIpc) is 3.01. The maximum Gasteiger partial charge on any atom is 0.287 e. The number of hydrogen-bond acceptors (Lipinski definition) is 3. The summed E-state index contributed by atoms with van der Waals surface area (Å²) in [6.45, 7) is 0.215. The number of carbonyl (C=O) groups excluding carboxylic acids is 2. The molecular weight excluding hydrogens is 318 g/mol. The quantitative estimate of drug-likeness (QED) is 0.654. The summed E-state index contributed by atoms with van der Waals surface area (Å²) in [4.78, 5) is 23.3. The molecule has 0 unspecified atom stereocenters. The van der Waals surface area contributed by atoms with Gasteiger partial charge in [0.05, 0.1) is 16.8 Å². The zero-order chi connectivity index (χ0) is 16.1. The molecule has 1 aromatic carbocycles. The largest absolute Gasteiger partial charge is 0.459 e. The van der Waals surface area contributed by atoms with Gasteiger partial charge in [-0.15, -0.1) is 0 Å². The lowest BCUT2D eigenvalue weighted by atomic mass is 10.2. The molecule has 2 N–H and O–H groups in total. The van der Waals surface area contributed by atoms with Gasteiger partial charge < -0.3 is 15.1 Å². The first-order valence-corrected chi connectivity index (χ1v) is 6.61. The van der Waals surface area contributed by atoms with Crippen molar-refractivity contribution in [2.24, 2.45) is 0 Å². The molecule has 0 saturated heterocycles. The van der Waals surface area contributed by atoms with Gasteiger partial charge in [-0.2, -0.15) is 0 Å². The Bertz CT molecular complexity index is 690. The summed E-state index contributed by atoms with van der Waals surface area (Å²) in [5.41, 5.74) is -0.182. The Morgan fingerprint density at radius 3 is 2.36 bits per heavy atom. The fraction of sp³-hybridized carbons (Fsp3) is 0.143. The van der Waals surface area contributed by atoms with E-state index in [1.165, 1.54) is 12.3 Å². The van der Waals surface area contributed by atoms with Crippen molar-refractivity contribution in [3.8, 4) is 0 Å². The summed E-state index contributed by atoms with van der Waals surface area (Å²) in [6, 6.07) is 4.51. The van der Waals surface area contributed by atoms with Gasteiger partial charge in [-0.3, -0.25) is 9.59 Å². The molecular formula is C14H11ClF2N2O3. The van der Waals surface area contributed by atoms with Crippen molar-refractivity contribution in [2.75, 3.05) is 13.1 Å². The highest BCUT2D eigenvalue weighted by Crippen LogP contribution is 2.19. The smallest absolute Gasteiger partial charge is 0.287 e. The molecule has 0 bridgehead atoms. The fourth-order valence-corrected chi connectivity index (χ4v) is 1.87. The molecule has 0 atom stereocenters. The van der Waals surface area contributed by atoms with Crippen LogP contribution in [0.4, 0.5) is 8.78 Å². The van der Waals surface area contributed by atoms with E-state index in [0.29, 0.717) is 6.07 Å². The van der Waals surface area contributed by atoms with Crippen LogP contribution < -0.4 is 10.6 Å². The third-order valence-electron chi connectivity index (χ3n) is 2.70. The van der Waals surface area contributed by atoms with E-state index in [2.05, 4.69) is 10.6 Å². The van der Waals surface area contributed by atoms with Crippen molar-refractivity contribution < 1.29 is 22.8 Å². The number of hydrogen-bond donors (Lipinski definition) is 2. The molecule has 2 rings (SSSR count). The Kier molecular flexibility index (Phi) is 5.11. The van der Waals surface area contributed by atoms with E-state index in [9.17, 15) is 18.4 Å². The van der Waals surface area contributed by atoms with Gasteiger partial charge >= 0.3 is 0 Å². The van der Waals surface area contributed by atoms with E-state index in [-0.39, 0.29) is 29.4 Å². The number of furan rings is 1. The second-order valence-corrected chi connectivity index (χ2v) is 4.64. The zero-order valence-electron chi connectivity index (χ0n) is 11.2. The standard InChI is InChI=1S/C14H11ClF2N2O3/c15-9-7-11(17)10(16)6-8(9)13(20)18-3-4-19-14(21)12-2-1-5-22-12/h1-2,5-7H,3-4H2,(H,18,20)(H,19,21). The van der Waals surface area contributed by atoms with E-state index >= 15 is 0 Å². The van der Waals surface area contributed by atoms with Gasteiger partial charge in [-0.1, -0.05) is 11.6 Å². The molecule has 8 heteroatoms. The van der Waals surface area contributed by atoms with Crippen molar-refractivity contribution in [1.82, 2.24) is 10.6 Å². The minimum absolute atomic E-state index is 0.0839. The number of nitrogens with one attached hydrogen (secondary N) is 2. The second-order valence-electron chi connectivity index (χ2n) is 4.24. The maximum absolute atomic E-state index is 13.1. The SMILES string of the molecule is O=C(NCCNC(=O)c1cc(F)c(F)cc1Cl)c1ccco1. The molecule has 0 fully saturated rings.